The molecule has 134 valence electrons. The molecule has 0 aliphatic carbocycles. The number of imidazole rings is 1. The molecule has 0 N–H and O–H groups in total. The summed E-state index contributed by atoms with van der Waals surface area (Å²) in [4.78, 5) is 19.5. The first kappa shape index (κ1) is 17.7. The first-order valence-corrected chi connectivity index (χ1v) is 9.21. The second kappa shape index (κ2) is 8.30. The van der Waals surface area contributed by atoms with Crippen molar-refractivity contribution in [3.63, 3.8) is 0 Å². The Morgan fingerprint density at radius 1 is 1.32 bits per heavy atom. The van der Waals surface area contributed by atoms with Gasteiger partial charge in [-0.15, -0.1) is 0 Å². The van der Waals surface area contributed by atoms with Crippen LogP contribution < -0.4 is 0 Å². The van der Waals surface area contributed by atoms with E-state index in [9.17, 15) is 4.79 Å². The van der Waals surface area contributed by atoms with Crippen LogP contribution in [0.2, 0.25) is 0 Å². The van der Waals surface area contributed by atoms with Crippen LogP contribution in [0.15, 0.2) is 36.5 Å². The lowest BCUT2D eigenvalue weighted by molar-refractivity contribution is -0.00400. The number of ether oxygens (including phenoxy) is 1. The highest BCUT2D eigenvalue weighted by atomic mass is 16.5. The maximum Gasteiger partial charge on any atom is 0.272 e. The molecule has 1 fully saturated rings. The van der Waals surface area contributed by atoms with Gasteiger partial charge >= 0.3 is 0 Å². The number of nitrogens with zero attached hydrogens (tertiary/aromatic N) is 3. The van der Waals surface area contributed by atoms with E-state index in [1.165, 1.54) is 6.42 Å². The number of carbonyl (C=O) groups is 1. The highest BCUT2D eigenvalue weighted by Crippen LogP contribution is 2.19. The van der Waals surface area contributed by atoms with E-state index in [-0.39, 0.29) is 12.0 Å². The SMILES string of the molecule is CCCN(CC1CCCCO1)C(=O)c1cnc(C)n1-c1ccccc1. The predicted octanol–water partition coefficient (Wildman–Crippen LogP) is 3.60. The maximum absolute atomic E-state index is 13.2. The Hall–Kier alpha value is -2.14. The zero-order chi connectivity index (χ0) is 17.6. The van der Waals surface area contributed by atoms with Gasteiger partial charge in [0.25, 0.3) is 5.91 Å². The fourth-order valence-corrected chi connectivity index (χ4v) is 3.40. The average Bonchev–Trinajstić information content (AvgIpc) is 3.04. The number of carbonyl (C=O) groups excluding carboxylic acids is 1. The summed E-state index contributed by atoms with van der Waals surface area (Å²) >= 11 is 0. The summed E-state index contributed by atoms with van der Waals surface area (Å²) in [5, 5.41) is 0. The van der Waals surface area contributed by atoms with Crippen LogP contribution in [-0.4, -0.2) is 46.2 Å². The van der Waals surface area contributed by atoms with Crippen molar-refractivity contribution in [2.75, 3.05) is 19.7 Å². The Morgan fingerprint density at radius 2 is 2.12 bits per heavy atom. The minimum absolute atomic E-state index is 0.0282. The number of hydrogen-bond donors (Lipinski definition) is 0. The molecule has 5 heteroatoms. The molecule has 5 nitrogen and oxygen atoms in total. The van der Waals surface area contributed by atoms with Crippen LogP contribution in [0, 0.1) is 6.92 Å². The van der Waals surface area contributed by atoms with Crippen LogP contribution in [0.3, 0.4) is 0 Å². The predicted molar refractivity (Wildman–Crippen MR) is 98.1 cm³/mol. The Bertz CT molecular complexity index is 690. The standard InChI is InChI=1S/C20H27N3O2/c1-3-12-22(15-18-11-7-8-13-25-18)20(24)19-14-21-16(2)23(19)17-9-5-4-6-10-17/h4-6,9-10,14,18H,3,7-8,11-13,15H2,1-2H3. The minimum Gasteiger partial charge on any atom is -0.376 e. The summed E-state index contributed by atoms with van der Waals surface area (Å²) in [6.45, 7) is 6.23. The molecular formula is C20H27N3O2. The van der Waals surface area contributed by atoms with Gasteiger partial charge < -0.3 is 9.64 Å². The van der Waals surface area contributed by atoms with E-state index in [2.05, 4.69) is 11.9 Å². The number of amides is 1. The van der Waals surface area contributed by atoms with Gasteiger partial charge in [0, 0.05) is 25.4 Å². The van der Waals surface area contributed by atoms with Gasteiger partial charge in [0.1, 0.15) is 11.5 Å². The number of rotatable bonds is 6. The molecule has 1 aliphatic rings. The third-order valence-corrected chi connectivity index (χ3v) is 4.65. The lowest BCUT2D eigenvalue weighted by Gasteiger charge is -2.30. The van der Waals surface area contributed by atoms with E-state index in [1.807, 2.05) is 46.7 Å². The fourth-order valence-electron chi connectivity index (χ4n) is 3.40. The fraction of sp³-hybridized carbons (Fsp3) is 0.500. The molecule has 1 amide bonds. The lowest BCUT2D eigenvalue weighted by Crippen LogP contribution is -2.40. The zero-order valence-corrected chi connectivity index (χ0v) is 15.1. The van der Waals surface area contributed by atoms with Crippen LogP contribution >= 0.6 is 0 Å². The van der Waals surface area contributed by atoms with Crippen LogP contribution in [0.1, 0.15) is 48.9 Å². The van der Waals surface area contributed by atoms with Gasteiger partial charge in [-0.3, -0.25) is 9.36 Å². The highest BCUT2D eigenvalue weighted by Gasteiger charge is 2.25. The number of aromatic nitrogens is 2. The van der Waals surface area contributed by atoms with E-state index in [0.717, 1.165) is 43.9 Å². The molecule has 1 unspecified atom stereocenters. The molecule has 1 saturated heterocycles. The quantitative estimate of drug-likeness (QED) is 0.806. The normalized spacial score (nSPS) is 17.4. The topological polar surface area (TPSA) is 47.4 Å². The van der Waals surface area contributed by atoms with Crippen molar-refractivity contribution in [3.8, 4) is 5.69 Å². The molecule has 1 atom stereocenters. The third kappa shape index (κ3) is 4.10. The Morgan fingerprint density at radius 3 is 2.80 bits per heavy atom. The van der Waals surface area contributed by atoms with E-state index >= 15 is 0 Å². The van der Waals surface area contributed by atoms with Crippen molar-refractivity contribution >= 4 is 5.91 Å². The molecule has 2 aromatic rings. The monoisotopic (exact) mass is 341 g/mol. The van der Waals surface area contributed by atoms with Crippen LogP contribution in [0.5, 0.6) is 0 Å². The number of benzene rings is 1. The van der Waals surface area contributed by atoms with Crippen LogP contribution in [-0.2, 0) is 4.74 Å². The largest absolute Gasteiger partial charge is 0.376 e. The summed E-state index contributed by atoms with van der Waals surface area (Å²) in [6.07, 6.45) is 6.10. The summed E-state index contributed by atoms with van der Waals surface area (Å²) in [5.41, 5.74) is 1.58. The van der Waals surface area contributed by atoms with E-state index < -0.39 is 0 Å². The average molecular weight is 341 g/mol. The highest BCUT2D eigenvalue weighted by molar-refractivity contribution is 5.93. The van der Waals surface area contributed by atoms with Crippen molar-refractivity contribution in [2.45, 2.75) is 45.6 Å². The number of hydrogen-bond acceptors (Lipinski definition) is 3. The summed E-state index contributed by atoms with van der Waals surface area (Å²) in [7, 11) is 0. The summed E-state index contributed by atoms with van der Waals surface area (Å²) < 4.78 is 7.78. The number of aryl methyl sites for hydroxylation is 1. The molecular weight excluding hydrogens is 314 g/mol. The van der Waals surface area contributed by atoms with Gasteiger partial charge in [-0.1, -0.05) is 25.1 Å². The molecule has 0 bridgehead atoms. The molecule has 1 aromatic carbocycles. The molecule has 2 heterocycles. The van der Waals surface area contributed by atoms with Crippen molar-refractivity contribution in [1.82, 2.24) is 14.5 Å². The van der Waals surface area contributed by atoms with Crippen molar-refractivity contribution in [1.29, 1.82) is 0 Å². The first-order valence-electron chi connectivity index (χ1n) is 9.21. The smallest absolute Gasteiger partial charge is 0.272 e. The van der Waals surface area contributed by atoms with Gasteiger partial charge in [-0.25, -0.2) is 4.98 Å². The Labute approximate surface area is 149 Å². The first-order chi connectivity index (χ1) is 12.2. The van der Waals surface area contributed by atoms with Crippen LogP contribution in [0.25, 0.3) is 5.69 Å². The van der Waals surface area contributed by atoms with E-state index in [4.69, 9.17) is 4.74 Å². The van der Waals surface area contributed by atoms with Gasteiger partial charge in [-0.2, -0.15) is 0 Å². The van der Waals surface area contributed by atoms with E-state index in [0.29, 0.717) is 12.2 Å². The second-order valence-corrected chi connectivity index (χ2v) is 6.60. The lowest BCUT2D eigenvalue weighted by atomic mass is 10.1. The van der Waals surface area contributed by atoms with Crippen molar-refractivity contribution in [2.24, 2.45) is 0 Å². The Kier molecular flexibility index (Phi) is 5.87. The molecule has 0 radical (unpaired) electrons. The maximum atomic E-state index is 13.2. The minimum atomic E-state index is 0.0282. The molecule has 1 aliphatic heterocycles. The van der Waals surface area contributed by atoms with Gasteiger partial charge in [0.15, 0.2) is 0 Å². The summed E-state index contributed by atoms with van der Waals surface area (Å²) in [5.74, 6) is 0.848. The molecule has 25 heavy (non-hydrogen) atoms. The Balaban J connectivity index is 1.85. The third-order valence-electron chi connectivity index (χ3n) is 4.65. The molecule has 3 rings (SSSR count). The zero-order valence-electron chi connectivity index (χ0n) is 15.1. The van der Waals surface area contributed by atoms with Gasteiger partial charge in [-0.05, 0) is 44.7 Å². The molecule has 1 aromatic heterocycles. The van der Waals surface area contributed by atoms with E-state index in [1.54, 1.807) is 6.20 Å². The van der Waals surface area contributed by atoms with Crippen LogP contribution in [0.4, 0.5) is 0 Å². The summed E-state index contributed by atoms with van der Waals surface area (Å²) in [6, 6.07) is 9.92. The van der Waals surface area contributed by atoms with Gasteiger partial charge in [0.05, 0.1) is 12.3 Å². The second-order valence-electron chi connectivity index (χ2n) is 6.60. The van der Waals surface area contributed by atoms with Crippen molar-refractivity contribution in [3.05, 3.63) is 48.0 Å². The molecule has 0 saturated carbocycles. The molecule has 0 spiro atoms. The van der Waals surface area contributed by atoms with Gasteiger partial charge in [0.2, 0.25) is 0 Å². The van der Waals surface area contributed by atoms with Crippen molar-refractivity contribution < 1.29 is 9.53 Å². The number of para-hydroxylation sites is 1.